The molecule has 0 atom stereocenters. The number of benzene rings is 2. The van der Waals surface area contributed by atoms with Crippen molar-refractivity contribution in [2.45, 2.75) is 4.90 Å². The maximum atomic E-state index is 12.1. The Morgan fingerprint density at radius 3 is 2.35 bits per heavy atom. The van der Waals surface area contributed by atoms with Gasteiger partial charge in [0.25, 0.3) is 0 Å². The predicted octanol–water partition coefficient (Wildman–Crippen LogP) is 3.76. The van der Waals surface area contributed by atoms with Gasteiger partial charge in [0.15, 0.2) is 15.6 Å². The highest BCUT2D eigenvalue weighted by Gasteiger charge is 2.20. The van der Waals surface area contributed by atoms with E-state index in [4.69, 9.17) is 11.6 Å². The fraction of sp³-hybridized carbons (Fsp3) is 0.0714. The summed E-state index contributed by atoms with van der Waals surface area (Å²) in [6, 6.07) is 12.4. The van der Waals surface area contributed by atoms with Gasteiger partial charge in [-0.2, -0.15) is 0 Å². The molecule has 0 saturated carbocycles. The van der Waals surface area contributed by atoms with Crippen LogP contribution in [0.15, 0.2) is 57.9 Å². The normalized spacial score (nSPS) is 11.3. The number of carbonyl (C=O) groups is 1. The molecule has 0 aromatic heterocycles. The second kappa shape index (κ2) is 6.08. The van der Waals surface area contributed by atoms with E-state index in [0.29, 0.717) is 10.6 Å². The molecule has 0 saturated heterocycles. The van der Waals surface area contributed by atoms with Crippen LogP contribution in [0.25, 0.3) is 0 Å². The summed E-state index contributed by atoms with van der Waals surface area (Å²) in [5.74, 6) is -1.02. The molecule has 0 unspecified atom stereocenters. The molecular weight excluding hydrogens is 364 g/mol. The standard InChI is InChI=1S/C14H10BrClO3S/c15-11-6-4-10(5-7-11)14(17)9-20(18,19)13-3-1-2-12(16)8-13/h1-8H,9H2. The van der Waals surface area contributed by atoms with Crippen LogP contribution in [0.2, 0.25) is 5.02 Å². The van der Waals surface area contributed by atoms with Crippen LogP contribution in [0.4, 0.5) is 0 Å². The lowest BCUT2D eigenvalue weighted by molar-refractivity contribution is 0.102. The summed E-state index contributed by atoms with van der Waals surface area (Å²) in [5.41, 5.74) is 0.360. The molecule has 0 bridgehead atoms. The van der Waals surface area contributed by atoms with Crippen molar-refractivity contribution in [1.29, 1.82) is 0 Å². The summed E-state index contributed by atoms with van der Waals surface area (Å²) in [5, 5.41) is 0.321. The van der Waals surface area contributed by atoms with E-state index in [2.05, 4.69) is 15.9 Å². The average Bonchev–Trinajstić information content (AvgIpc) is 2.39. The van der Waals surface area contributed by atoms with Crippen molar-refractivity contribution in [1.82, 2.24) is 0 Å². The van der Waals surface area contributed by atoms with Gasteiger partial charge in [-0.1, -0.05) is 45.7 Å². The van der Waals surface area contributed by atoms with Crippen LogP contribution in [0.1, 0.15) is 10.4 Å². The quantitative estimate of drug-likeness (QED) is 0.767. The third-order valence-corrected chi connectivity index (χ3v) is 5.02. The third-order valence-electron chi connectivity index (χ3n) is 2.64. The number of rotatable bonds is 4. The second-order valence-electron chi connectivity index (χ2n) is 4.15. The first-order valence-corrected chi connectivity index (χ1v) is 8.48. The number of ketones is 1. The van der Waals surface area contributed by atoms with Crippen molar-refractivity contribution in [3.8, 4) is 0 Å². The highest BCUT2D eigenvalue weighted by Crippen LogP contribution is 2.18. The van der Waals surface area contributed by atoms with Crippen LogP contribution in [0.3, 0.4) is 0 Å². The van der Waals surface area contributed by atoms with Crippen LogP contribution in [-0.2, 0) is 9.84 Å². The van der Waals surface area contributed by atoms with Crippen molar-refractivity contribution in [2.75, 3.05) is 5.75 Å². The summed E-state index contributed by atoms with van der Waals surface area (Å²) in [7, 11) is -3.69. The molecule has 0 aliphatic rings. The van der Waals surface area contributed by atoms with E-state index < -0.39 is 21.4 Å². The fourth-order valence-electron chi connectivity index (χ4n) is 1.64. The van der Waals surface area contributed by atoms with Gasteiger partial charge in [0.1, 0.15) is 5.75 Å². The summed E-state index contributed by atoms with van der Waals surface area (Å²) in [6.07, 6.45) is 0. The highest BCUT2D eigenvalue weighted by atomic mass is 79.9. The molecule has 0 N–H and O–H groups in total. The van der Waals surface area contributed by atoms with Gasteiger partial charge in [-0.05, 0) is 30.3 Å². The van der Waals surface area contributed by atoms with Crippen molar-refractivity contribution in [3.63, 3.8) is 0 Å². The summed E-state index contributed by atoms with van der Waals surface area (Å²) in [4.78, 5) is 12.1. The van der Waals surface area contributed by atoms with Crippen molar-refractivity contribution in [3.05, 3.63) is 63.6 Å². The van der Waals surface area contributed by atoms with Crippen LogP contribution in [0.5, 0.6) is 0 Å². The van der Waals surface area contributed by atoms with E-state index in [0.717, 1.165) is 4.47 Å². The number of carbonyl (C=O) groups excluding carboxylic acids is 1. The van der Waals surface area contributed by atoms with E-state index >= 15 is 0 Å². The summed E-state index contributed by atoms with van der Waals surface area (Å²) >= 11 is 9.02. The van der Waals surface area contributed by atoms with Gasteiger partial charge >= 0.3 is 0 Å². The van der Waals surface area contributed by atoms with E-state index in [1.54, 1.807) is 36.4 Å². The zero-order valence-corrected chi connectivity index (χ0v) is 13.4. The minimum Gasteiger partial charge on any atom is -0.293 e. The molecule has 0 fully saturated rings. The Hall–Kier alpha value is -1.17. The Kier molecular flexibility index (Phi) is 4.62. The lowest BCUT2D eigenvalue weighted by Gasteiger charge is -2.05. The maximum Gasteiger partial charge on any atom is 0.185 e. The molecule has 2 aromatic rings. The third kappa shape index (κ3) is 3.69. The first-order chi connectivity index (χ1) is 9.38. The van der Waals surface area contributed by atoms with Gasteiger partial charge in [0.2, 0.25) is 0 Å². The monoisotopic (exact) mass is 372 g/mol. The lowest BCUT2D eigenvalue weighted by Crippen LogP contribution is -2.16. The zero-order chi connectivity index (χ0) is 14.8. The molecule has 6 heteroatoms. The van der Waals surface area contributed by atoms with Crippen LogP contribution < -0.4 is 0 Å². The molecule has 0 radical (unpaired) electrons. The van der Waals surface area contributed by atoms with Gasteiger partial charge in [-0.25, -0.2) is 8.42 Å². The van der Waals surface area contributed by atoms with Gasteiger partial charge in [0.05, 0.1) is 4.90 Å². The minimum atomic E-state index is -3.69. The van der Waals surface area contributed by atoms with E-state index in [-0.39, 0.29) is 4.90 Å². The molecule has 0 aliphatic carbocycles. The zero-order valence-electron chi connectivity index (χ0n) is 10.2. The number of sulfone groups is 1. The molecule has 20 heavy (non-hydrogen) atoms. The molecule has 0 spiro atoms. The molecule has 0 amide bonds. The maximum absolute atomic E-state index is 12.1. The number of halogens is 2. The first kappa shape index (κ1) is 15.2. The first-order valence-electron chi connectivity index (χ1n) is 5.65. The lowest BCUT2D eigenvalue weighted by atomic mass is 10.2. The number of hydrogen-bond acceptors (Lipinski definition) is 3. The predicted molar refractivity (Wildman–Crippen MR) is 82.0 cm³/mol. The molecule has 2 aromatic carbocycles. The van der Waals surface area contributed by atoms with E-state index in [1.165, 1.54) is 12.1 Å². The van der Waals surface area contributed by atoms with E-state index in [9.17, 15) is 13.2 Å². The van der Waals surface area contributed by atoms with Crippen LogP contribution in [-0.4, -0.2) is 20.0 Å². The second-order valence-corrected chi connectivity index (χ2v) is 7.49. The molecule has 0 heterocycles. The van der Waals surface area contributed by atoms with Crippen LogP contribution in [0, 0.1) is 0 Å². The van der Waals surface area contributed by atoms with Gasteiger partial charge in [0, 0.05) is 15.1 Å². The highest BCUT2D eigenvalue weighted by molar-refractivity contribution is 9.10. The Labute approximate surface area is 130 Å². The van der Waals surface area contributed by atoms with Crippen LogP contribution >= 0.6 is 27.5 Å². The fourth-order valence-corrected chi connectivity index (χ4v) is 3.43. The summed E-state index contributed by atoms with van der Waals surface area (Å²) in [6.45, 7) is 0. The largest absolute Gasteiger partial charge is 0.293 e. The molecule has 104 valence electrons. The Morgan fingerprint density at radius 1 is 1.10 bits per heavy atom. The number of hydrogen-bond donors (Lipinski definition) is 0. The van der Waals surface area contributed by atoms with Crippen molar-refractivity contribution in [2.24, 2.45) is 0 Å². The smallest absolute Gasteiger partial charge is 0.185 e. The average molecular weight is 374 g/mol. The number of Topliss-reactive ketones (excluding diaryl/α,β-unsaturated/α-hetero) is 1. The Morgan fingerprint density at radius 2 is 1.75 bits per heavy atom. The van der Waals surface area contributed by atoms with E-state index in [1.807, 2.05) is 0 Å². The van der Waals surface area contributed by atoms with Gasteiger partial charge in [-0.15, -0.1) is 0 Å². The summed E-state index contributed by atoms with van der Waals surface area (Å²) < 4.78 is 25.1. The minimum absolute atomic E-state index is 0.0514. The van der Waals surface area contributed by atoms with Gasteiger partial charge < -0.3 is 0 Å². The molecule has 0 aliphatic heterocycles. The Balaban J connectivity index is 2.24. The molecular formula is C14H10BrClO3S. The van der Waals surface area contributed by atoms with Crippen molar-refractivity contribution >= 4 is 43.2 Å². The molecule has 2 rings (SSSR count). The Bertz CT molecular complexity index is 739. The van der Waals surface area contributed by atoms with Crippen molar-refractivity contribution < 1.29 is 13.2 Å². The SMILES string of the molecule is O=C(CS(=O)(=O)c1cccc(Cl)c1)c1ccc(Br)cc1. The topological polar surface area (TPSA) is 51.2 Å². The van der Waals surface area contributed by atoms with Gasteiger partial charge in [-0.3, -0.25) is 4.79 Å². The molecule has 3 nitrogen and oxygen atoms in total.